The number of hydrogen-bond acceptors (Lipinski definition) is 0. The summed E-state index contributed by atoms with van der Waals surface area (Å²) >= 11 is 0. The molecule has 0 saturated carbocycles. The molecule has 0 spiro atoms. The first kappa shape index (κ1) is 6.28. The monoisotopic (exact) mass is 97.1 g/mol. The molecule has 1 nitrogen and oxygen atoms in total. The van der Waals surface area contributed by atoms with Crippen LogP contribution in [0.25, 0.3) is 0 Å². The smallest absolute Gasteiger partial charge is 0.142 e. The van der Waals surface area contributed by atoms with Crippen molar-refractivity contribution >= 4 is 0 Å². The van der Waals surface area contributed by atoms with E-state index in [1.165, 1.54) is 6.08 Å². The Balaban J connectivity index is 3.46. The maximum Gasteiger partial charge on any atom is 0.142 e. The molecule has 0 aromatic heterocycles. The van der Waals surface area contributed by atoms with Gasteiger partial charge in [0.1, 0.15) is 6.26 Å². The van der Waals surface area contributed by atoms with E-state index in [1.54, 1.807) is 6.08 Å². The van der Waals surface area contributed by atoms with Gasteiger partial charge < -0.3 is 0 Å². The molecular formula is C6H9O. The van der Waals surface area contributed by atoms with Crippen molar-refractivity contribution in [3.8, 4) is 0 Å². The number of rotatable bonds is 1. The zero-order valence-electron chi connectivity index (χ0n) is 4.64. The first-order valence-corrected chi connectivity index (χ1v) is 2.19. The zero-order valence-corrected chi connectivity index (χ0v) is 4.64. The first-order chi connectivity index (χ1) is 3.27. The van der Waals surface area contributed by atoms with Gasteiger partial charge in [-0.25, -0.2) is 0 Å². The fourth-order valence-electron chi connectivity index (χ4n) is 0.232. The molecule has 0 aromatic rings. The van der Waals surface area contributed by atoms with Gasteiger partial charge in [0.15, 0.2) is 0 Å². The molecule has 0 rings (SSSR count). The Morgan fingerprint density at radius 3 is 2.14 bits per heavy atom. The van der Waals surface area contributed by atoms with E-state index < -0.39 is 0 Å². The third-order valence-electron chi connectivity index (χ3n) is 0.508. The first-order valence-electron chi connectivity index (χ1n) is 2.19. The summed E-state index contributed by atoms with van der Waals surface area (Å²) in [6, 6.07) is 0. The molecule has 0 aliphatic carbocycles. The molecule has 0 unspecified atom stereocenters. The van der Waals surface area contributed by atoms with E-state index >= 15 is 0 Å². The highest BCUT2D eigenvalue weighted by atomic mass is 16.2. The quantitative estimate of drug-likeness (QED) is 0.352. The SMILES string of the molecule is CC(C)=C/C=C/[O]. The van der Waals surface area contributed by atoms with Crippen LogP contribution in [0.3, 0.4) is 0 Å². The molecule has 1 heteroatoms. The summed E-state index contributed by atoms with van der Waals surface area (Å²) in [6.07, 6.45) is 4.02. The summed E-state index contributed by atoms with van der Waals surface area (Å²) in [5.74, 6) is 0. The second-order valence-corrected chi connectivity index (χ2v) is 1.57. The van der Waals surface area contributed by atoms with Crippen molar-refractivity contribution in [3.63, 3.8) is 0 Å². The lowest BCUT2D eigenvalue weighted by Crippen LogP contribution is -1.56. The molecule has 7 heavy (non-hydrogen) atoms. The van der Waals surface area contributed by atoms with E-state index in [9.17, 15) is 5.11 Å². The Kier molecular flexibility index (Phi) is 3.11. The van der Waals surface area contributed by atoms with Crippen molar-refractivity contribution < 1.29 is 5.11 Å². The zero-order chi connectivity index (χ0) is 5.70. The molecule has 0 bridgehead atoms. The third kappa shape index (κ3) is 5.28. The summed E-state index contributed by atoms with van der Waals surface area (Å²) in [5.41, 5.74) is 1.15. The van der Waals surface area contributed by atoms with Gasteiger partial charge in [-0.05, 0) is 19.9 Å². The van der Waals surface area contributed by atoms with Crippen molar-refractivity contribution in [2.24, 2.45) is 0 Å². The predicted molar refractivity (Wildman–Crippen MR) is 29.3 cm³/mol. The van der Waals surface area contributed by atoms with Crippen LogP contribution in [0.5, 0.6) is 0 Å². The van der Waals surface area contributed by atoms with Crippen molar-refractivity contribution in [3.05, 3.63) is 24.0 Å². The van der Waals surface area contributed by atoms with Gasteiger partial charge in [0.2, 0.25) is 0 Å². The van der Waals surface area contributed by atoms with Crippen LogP contribution >= 0.6 is 0 Å². The van der Waals surface area contributed by atoms with E-state index in [1.807, 2.05) is 13.8 Å². The van der Waals surface area contributed by atoms with Crippen molar-refractivity contribution in [1.29, 1.82) is 0 Å². The number of allylic oxidation sites excluding steroid dienone is 3. The second-order valence-electron chi connectivity index (χ2n) is 1.57. The fraction of sp³-hybridized carbons (Fsp3) is 0.333. The number of hydrogen-bond donors (Lipinski definition) is 0. The summed E-state index contributed by atoms with van der Waals surface area (Å²) in [6.45, 7) is 3.89. The maximum atomic E-state index is 9.61. The van der Waals surface area contributed by atoms with Crippen LogP contribution in [0.4, 0.5) is 0 Å². The van der Waals surface area contributed by atoms with Gasteiger partial charge in [-0.15, -0.1) is 0 Å². The molecule has 0 amide bonds. The van der Waals surface area contributed by atoms with E-state index in [4.69, 9.17) is 0 Å². The molecule has 0 atom stereocenters. The largest absolute Gasteiger partial charge is 0.299 e. The summed E-state index contributed by atoms with van der Waals surface area (Å²) in [7, 11) is 0. The Morgan fingerprint density at radius 1 is 1.43 bits per heavy atom. The molecule has 0 fully saturated rings. The van der Waals surface area contributed by atoms with Crippen molar-refractivity contribution in [1.82, 2.24) is 0 Å². The normalized spacial score (nSPS) is 9.43. The van der Waals surface area contributed by atoms with Crippen LogP contribution in [0.15, 0.2) is 24.0 Å². The Labute approximate surface area is 44.0 Å². The topological polar surface area (TPSA) is 19.9 Å². The minimum Gasteiger partial charge on any atom is -0.299 e. The molecule has 0 aromatic carbocycles. The third-order valence-corrected chi connectivity index (χ3v) is 0.508. The van der Waals surface area contributed by atoms with E-state index in [0.29, 0.717) is 0 Å². The van der Waals surface area contributed by atoms with Crippen LogP contribution < -0.4 is 0 Å². The highest BCUT2D eigenvalue weighted by Crippen LogP contribution is 1.86. The van der Waals surface area contributed by atoms with Crippen molar-refractivity contribution in [2.75, 3.05) is 0 Å². The Hall–Kier alpha value is -0.720. The highest BCUT2D eigenvalue weighted by molar-refractivity contribution is 5.05. The Morgan fingerprint density at radius 2 is 2.00 bits per heavy atom. The summed E-state index contributed by atoms with van der Waals surface area (Å²) < 4.78 is 0. The fourth-order valence-corrected chi connectivity index (χ4v) is 0.232. The van der Waals surface area contributed by atoms with Gasteiger partial charge in [0.25, 0.3) is 0 Å². The lowest BCUT2D eigenvalue weighted by molar-refractivity contribution is 0.352. The standard InChI is InChI=1S/C6H9O/c1-6(2)4-3-5-7/h3-5H,1-2H3/b5-3+. The van der Waals surface area contributed by atoms with Crippen LogP contribution in [-0.2, 0) is 5.11 Å². The molecule has 0 heterocycles. The molecule has 0 aliphatic rings. The summed E-state index contributed by atoms with van der Waals surface area (Å²) in [5, 5.41) is 9.61. The molecule has 0 aliphatic heterocycles. The molecule has 0 saturated heterocycles. The van der Waals surface area contributed by atoms with E-state index in [0.717, 1.165) is 11.8 Å². The molecular weight excluding hydrogens is 88.1 g/mol. The van der Waals surface area contributed by atoms with E-state index in [-0.39, 0.29) is 0 Å². The maximum absolute atomic E-state index is 9.61. The van der Waals surface area contributed by atoms with Gasteiger partial charge in [0.05, 0.1) is 0 Å². The lowest BCUT2D eigenvalue weighted by Gasteiger charge is -1.76. The molecule has 39 valence electrons. The average Bonchev–Trinajstić information content (AvgIpc) is 1.61. The van der Waals surface area contributed by atoms with Crippen LogP contribution in [0, 0.1) is 0 Å². The van der Waals surface area contributed by atoms with Gasteiger partial charge in [-0.2, -0.15) is 0 Å². The molecule has 1 radical (unpaired) electrons. The van der Waals surface area contributed by atoms with Crippen molar-refractivity contribution in [2.45, 2.75) is 13.8 Å². The van der Waals surface area contributed by atoms with Crippen LogP contribution in [0.2, 0.25) is 0 Å². The van der Waals surface area contributed by atoms with Crippen LogP contribution in [0.1, 0.15) is 13.8 Å². The van der Waals surface area contributed by atoms with Gasteiger partial charge in [-0.1, -0.05) is 11.6 Å². The van der Waals surface area contributed by atoms with Gasteiger partial charge in [0, 0.05) is 0 Å². The van der Waals surface area contributed by atoms with Crippen LogP contribution in [-0.4, -0.2) is 0 Å². The minimum atomic E-state index is 0.771. The Bertz CT molecular complexity index is 86.4. The van der Waals surface area contributed by atoms with Gasteiger partial charge in [-0.3, -0.25) is 5.11 Å². The lowest BCUT2D eigenvalue weighted by atomic mass is 10.3. The second kappa shape index (κ2) is 3.47. The minimum absolute atomic E-state index is 0.771. The van der Waals surface area contributed by atoms with E-state index in [2.05, 4.69) is 0 Å². The van der Waals surface area contributed by atoms with Gasteiger partial charge >= 0.3 is 0 Å². The average molecular weight is 97.1 g/mol. The predicted octanol–water partition coefficient (Wildman–Crippen LogP) is 1.90. The highest BCUT2D eigenvalue weighted by Gasteiger charge is 1.67. The molecule has 0 N–H and O–H groups in total. The summed E-state index contributed by atoms with van der Waals surface area (Å²) in [4.78, 5) is 0.